The van der Waals surface area contributed by atoms with Crippen molar-refractivity contribution in [3.05, 3.63) is 29.6 Å². The minimum atomic E-state index is -3.06. The predicted octanol–water partition coefficient (Wildman–Crippen LogP) is 2.31. The quantitative estimate of drug-likeness (QED) is 0.800. The summed E-state index contributed by atoms with van der Waals surface area (Å²) >= 11 is 0. The molecule has 0 saturated heterocycles. The fourth-order valence-corrected chi connectivity index (χ4v) is 3.00. The Morgan fingerprint density at radius 1 is 1.35 bits per heavy atom. The Kier molecular flexibility index (Phi) is 6.42. The summed E-state index contributed by atoms with van der Waals surface area (Å²) in [5.74, 6) is 0.318. The fourth-order valence-electron chi connectivity index (χ4n) is 1.84. The minimum absolute atomic E-state index is 0.0222. The zero-order chi connectivity index (χ0) is 15.2. The second-order valence-electron chi connectivity index (χ2n) is 4.69. The molecular weight excluding hydrogens is 281 g/mol. The average Bonchev–Trinajstić information content (AvgIpc) is 2.39. The lowest BCUT2D eigenvalue weighted by Crippen LogP contribution is -2.18. The van der Waals surface area contributed by atoms with E-state index in [1.807, 2.05) is 13.8 Å². The van der Waals surface area contributed by atoms with E-state index in [2.05, 4.69) is 5.32 Å². The van der Waals surface area contributed by atoms with Crippen LogP contribution in [-0.2, 0) is 9.84 Å². The SMILES string of the molecule is CCCS(=O)(=O)CCOc1ccc(F)cc1C(C)NC. The molecule has 0 amide bonds. The Morgan fingerprint density at radius 3 is 2.65 bits per heavy atom. The largest absolute Gasteiger partial charge is 0.492 e. The van der Waals surface area contributed by atoms with E-state index in [1.54, 1.807) is 7.05 Å². The first-order valence-corrected chi connectivity index (χ1v) is 8.51. The number of nitrogens with one attached hydrogen (secondary N) is 1. The highest BCUT2D eigenvalue weighted by Crippen LogP contribution is 2.25. The van der Waals surface area contributed by atoms with E-state index in [0.29, 0.717) is 17.7 Å². The molecule has 0 spiro atoms. The van der Waals surface area contributed by atoms with Gasteiger partial charge in [0.15, 0.2) is 9.84 Å². The van der Waals surface area contributed by atoms with Crippen molar-refractivity contribution in [3.8, 4) is 5.75 Å². The minimum Gasteiger partial charge on any atom is -0.492 e. The van der Waals surface area contributed by atoms with Crippen LogP contribution in [0.3, 0.4) is 0 Å². The molecule has 1 rings (SSSR count). The lowest BCUT2D eigenvalue weighted by atomic mass is 10.1. The zero-order valence-electron chi connectivity index (χ0n) is 12.1. The maximum atomic E-state index is 13.3. The molecule has 1 aromatic carbocycles. The van der Waals surface area contributed by atoms with Crippen molar-refractivity contribution in [1.82, 2.24) is 5.32 Å². The molecule has 1 unspecified atom stereocenters. The van der Waals surface area contributed by atoms with Gasteiger partial charge >= 0.3 is 0 Å². The standard InChI is InChI=1S/C14H22FNO3S/c1-4-8-20(17,18)9-7-19-14-6-5-12(15)10-13(14)11(2)16-3/h5-6,10-11,16H,4,7-9H2,1-3H3. The molecule has 4 nitrogen and oxygen atoms in total. The molecule has 20 heavy (non-hydrogen) atoms. The average molecular weight is 303 g/mol. The van der Waals surface area contributed by atoms with Crippen molar-refractivity contribution >= 4 is 9.84 Å². The van der Waals surface area contributed by atoms with Crippen LogP contribution in [0.5, 0.6) is 5.75 Å². The molecule has 114 valence electrons. The van der Waals surface area contributed by atoms with Crippen LogP contribution in [-0.4, -0.2) is 33.6 Å². The van der Waals surface area contributed by atoms with E-state index in [-0.39, 0.29) is 30.0 Å². The lowest BCUT2D eigenvalue weighted by molar-refractivity contribution is 0.333. The zero-order valence-corrected chi connectivity index (χ0v) is 13.0. The second kappa shape index (κ2) is 7.59. The van der Waals surface area contributed by atoms with Crippen LogP contribution in [0.4, 0.5) is 4.39 Å². The summed E-state index contributed by atoms with van der Waals surface area (Å²) in [5, 5.41) is 3.01. The van der Waals surface area contributed by atoms with E-state index < -0.39 is 9.84 Å². The Morgan fingerprint density at radius 2 is 2.05 bits per heavy atom. The van der Waals surface area contributed by atoms with Crippen molar-refractivity contribution in [2.24, 2.45) is 0 Å². The monoisotopic (exact) mass is 303 g/mol. The van der Waals surface area contributed by atoms with E-state index in [0.717, 1.165) is 0 Å². The van der Waals surface area contributed by atoms with Gasteiger partial charge in [0.05, 0.1) is 11.5 Å². The van der Waals surface area contributed by atoms with Gasteiger partial charge in [-0.3, -0.25) is 0 Å². The van der Waals surface area contributed by atoms with Crippen LogP contribution in [0.25, 0.3) is 0 Å². The van der Waals surface area contributed by atoms with Crippen LogP contribution in [0.15, 0.2) is 18.2 Å². The van der Waals surface area contributed by atoms with Crippen molar-refractivity contribution in [1.29, 1.82) is 0 Å². The van der Waals surface area contributed by atoms with Gasteiger partial charge in [-0.25, -0.2) is 12.8 Å². The molecule has 6 heteroatoms. The molecule has 0 bridgehead atoms. The Hall–Kier alpha value is -1.14. The number of hydrogen-bond donors (Lipinski definition) is 1. The molecule has 1 aromatic rings. The van der Waals surface area contributed by atoms with Crippen LogP contribution >= 0.6 is 0 Å². The molecule has 0 aliphatic heterocycles. The Labute approximate surface area is 120 Å². The van der Waals surface area contributed by atoms with E-state index in [9.17, 15) is 12.8 Å². The van der Waals surface area contributed by atoms with Crippen molar-refractivity contribution in [2.75, 3.05) is 25.2 Å². The highest BCUT2D eigenvalue weighted by atomic mass is 32.2. The van der Waals surface area contributed by atoms with Crippen molar-refractivity contribution in [3.63, 3.8) is 0 Å². The summed E-state index contributed by atoms with van der Waals surface area (Å²) in [6, 6.07) is 4.16. The van der Waals surface area contributed by atoms with Gasteiger partial charge in [0.1, 0.15) is 18.2 Å². The smallest absolute Gasteiger partial charge is 0.153 e. The molecule has 0 fully saturated rings. The number of hydrogen-bond acceptors (Lipinski definition) is 4. The number of rotatable bonds is 8. The molecule has 0 aromatic heterocycles. The molecule has 0 heterocycles. The maximum Gasteiger partial charge on any atom is 0.153 e. The van der Waals surface area contributed by atoms with E-state index in [1.165, 1.54) is 18.2 Å². The van der Waals surface area contributed by atoms with Gasteiger partial charge in [-0.2, -0.15) is 0 Å². The lowest BCUT2D eigenvalue weighted by Gasteiger charge is -2.16. The summed E-state index contributed by atoms with van der Waals surface area (Å²) in [7, 11) is -1.29. The maximum absolute atomic E-state index is 13.3. The van der Waals surface area contributed by atoms with Gasteiger partial charge in [0, 0.05) is 11.6 Å². The summed E-state index contributed by atoms with van der Waals surface area (Å²) < 4.78 is 42.0. The van der Waals surface area contributed by atoms with Crippen LogP contribution in [0.1, 0.15) is 31.9 Å². The summed E-state index contributed by atoms with van der Waals surface area (Å²) in [6.07, 6.45) is 0.598. The van der Waals surface area contributed by atoms with Gasteiger partial charge in [0.2, 0.25) is 0 Å². The number of benzene rings is 1. The first-order valence-electron chi connectivity index (χ1n) is 6.69. The fraction of sp³-hybridized carbons (Fsp3) is 0.571. The molecule has 0 aliphatic rings. The summed E-state index contributed by atoms with van der Waals surface area (Å²) in [5.41, 5.74) is 0.681. The predicted molar refractivity (Wildman–Crippen MR) is 78.3 cm³/mol. The first-order chi connectivity index (χ1) is 9.39. The van der Waals surface area contributed by atoms with Crippen molar-refractivity contribution in [2.45, 2.75) is 26.3 Å². The molecule has 1 atom stereocenters. The third-order valence-electron chi connectivity index (χ3n) is 3.04. The molecule has 0 radical (unpaired) electrons. The Bertz CT molecular complexity index is 531. The normalized spacial score (nSPS) is 13.2. The second-order valence-corrected chi connectivity index (χ2v) is 7.00. The number of halogens is 1. The first kappa shape index (κ1) is 16.9. The van der Waals surface area contributed by atoms with Crippen LogP contribution < -0.4 is 10.1 Å². The third kappa shape index (κ3) is 5.09. The number of ether oxygens (including phenoxy) is 1. The van der Waals surface area contributed by atoms with Crippen LogP contribution in [0.2, 0.25) is 0 Å². The van der Waals surface area contributed by atoms with Gasteiger partial charge in [-0.05, 0) is 38.6 Å². The Balaban J connectivity index is 2.73. The van der Waals surface area contributed by atoms with Crippen LogP contribution in [0, 0.1) is 5.82 Å². The van der Waals surface area contributed by atoms with E-state index >= 15 is 0 Å². The van der Waals surface area contributed by atoms with E-state index in [4.69, 9.17) is 4.74 Å². The van der Waals surface area contributed by atoms with Crippen molar-refractivity contribution < 1.29 is 17.5 Å². The molecule has 0 aliphatic carbocycles. The van der Waals surface area contributed by atoms with Gasteiger partial charge in [0.25, 0.3) is 0 Å². The highest BCUT2D eigenvalue weighted by molar-refractivity contribution is 7.91. The summed E-state index contributed by atoms with van der Waals surface area (Å²) in [6.45, 7) is 3.79. The number of sulfone groups is 1. The van der Waals surface area contributed by atoms with Gasteiger partial charge in [-0.15, -0.1) is 0 Å². The van der Waals surface area contributed by atoms with Gasteiger partial charge < -0.3 is 10.1 Å². The topological polar surface area (TPSA) is 55.4 Å². The summed E-state index contributed by atoms with van der Waals surface area (Å²) in [4.78, 5) is 0. The molecular formula is C14H22FNO3S. The third-order valence-corrected chi connectivity index (χ3v) is 4.86. The molecule has 0 saturated carbocycles. The van der Waals surface area contributed by atoms with Gasteiger partial charge in [-0.1, -0.05) is 6.92 Å². The highest BCUT2D eigenvalue weighted by Gasteiger charge is 2.13. The molecule has 1 N–H and O–H groups in total.